The number of carbonyl (C=O) groups is 1. The van der Waals surface area contributed by atoms with E-state index in [1.165, 1.54) is 6.08 Å². The quantitative estimate of drug-likeness (QED) is 0.731. The molecule has 0 spiro atoms. The highest BCUT2D eigenvalue weighted by Crippen LogP contribution is 2.20. The van der Waals surface area contributed by atoms with Crippen molar-refractivity contribution in [3.05, 3.63) is 36.5 Å². The van der Waals surface area contributed by atoms with Crippen molar-refractivity contribution in [2.45, 2.75) is 6.92 Å². The number of hydrogen-bond acceptors (Lipinski definition) is 2. The number of allylic oxidation sites excluding steroid dienone is 1. The maximum absolute atomic E-state index is 11.3. The summed E-state index contributed by atoms with van der Waals surface area (Å²) < 4.78 is 0. The van der Waals surface area contributed by atoms with Crippen LogP contribution in [-0.2, 0) is 4.79 Å². The molecule has 4 nitrogen and oxygen atoms in total. The van der Waals surface area contributed by atoms with Gasteiger partial charge in [0.15, 0.2) is 0 Å². The lowest BCUT2D eigenvalue weighted by atomic mass is 10.2. The molecular weight excluding hydrogens is 190 g/mol. The topological polar surface area (TPSA) is 57.8 Å². The minimum absolute atomic E-state index is 0.133. The van der Waals surface area contributed by atoms with Gasteiger partial charge in [-0.15, -0.1) is 0 Å². The van der Waals surface area contributed by atoms with Gasteiger partial charge >= 0.3 is 0 Å². The Hall–Kier alpha value is -2.10. The highest BCUT2D eigenvalue weighted by molar-refractivity contribution is 6.05. The van der Waals surface area contributed by atoms with E-state index in [0.717, 1.165) is 16.6 Å². The fourth-order valence-electron chi connectivity index (χ4n) is 1.40. The van der Waals surface area contributed by atoms with Crippen molar-refractivity contribution in [2.75, 3.05) is 5.32 Å². The summed E-state index contributed by atoms with van der Waals surface area (Å²) in [7, 11) is 0. The van der Waals surface area contributed by atoms with E-state index in [0.29, 0.717) is 0 Å². The molecule has 1 aromatic carbocycles. The maximum atomic E-state index is 11.3. The van der Waals surface area contributed by atoms with E-state index < -0.39 is 0 Å². The lowest BCUT2D eigenvalue weighted by Gasteiger charge is -2.02. The summed E-state index contributed by atoms with van der Waals surface area (Å²) in [6, 6.07) is 5.62. The molecule has 0 saturated carbocycles. The molecule has 15 heavy (non-hydrogen) atoms. The number of H-pyrrole nitrogens is 1. The van der Waals surface area contributed by atoms with Crippen LogP contribution in [0.4, 0.5) is 5.69 Å². The molecule has 0 aliphatic rings. The van der Waals surface area contributed by atoms with Gasteiger partial charge in [0.1, 0.15) is 0 Å². The van der Waals surface area contributed by atoms with Gasteiger partial charge < -0.3 is 5.32 Å². The first-order chi connectivity index (χ1) is 7.31. The lowest BCUT2D eigenvalue weighted by Crippen LogP contribution is -2.07. The standard InChI is InChI=1S/C11H11N3O/c1-2-4-11(15)13-9-5-3-6-10-8(9)7-12-14-10/h2-7H,1H3,(H,12,14)(H,13,15)/b4-2+. The van der Waals surface area contributed by atoms with Gasteiger partial charge in [0.25, 0.3) is 0 Å². The third kappa shape index (κ3) is 1.88. The number of aromatic nitrogens is 2. The molecule has 1 heterocycles. The summed E-state index contributed by atoms with van der Waals surface area (Å²) in [4.78, 5) is 11.3. The Morgan fingerprint density at radius 1 is 1.53 bits per heavy atom. The molecule has 0 saturated heterocycles. The normalized spacial score (nSPS) is 11.0. The van der Waals surface area contributed by atoms with Crippen LogP contribution in [0.1, 0.15) is 6.92 Å². The number of nitrogens with one attached hydrogen (secondary N) is 2. The molecular formula is C11H11N3O. The molecule has 0 aliphatic heterocycles. The fraction of sp³-hybridized carbons (Fsp3) is 0.0909. The minimum atomic E-state index is -0.133. The van der Waals surface area contributed by atoms with E-state index >= 15 is 0 Å². The van der Waals surface area contributed by atoms with Crippen molar-refractivity contribution in [3.8, 4) is 0 Å². The van der Waals surface area contributed by atoms with Crippen molar-refractivity contribution in [1.82, 2.24) is 10.2 Å². The van der Waals surface area contributed by atoms with Crippen LogP contribution < -0.4 is 5.32 Å². The van der Waals surface area contributed by atoms with Gasteiger partial charge in [-0.25, -0.2) is 0 Å². The van der Waals surface area contributed by atoms with E-state index in [2.05, 4.69) is 15.5 Å². The molecule has 0 fully saturated rings. The predicted octanol–water partition coefficient (Wildman–Crippen LogP) is 2.08. The second-order valence-electron chi connectivity index (χ2n) is 3.13. The lowest BCUT2D eigenvalue weighted by molar-refractivity contribution is -0.111. The Bertz CT molecular complexity index is 513. The number of hydrogen-bond donors (Lipinski definition) is 2. The Balaban J connectivity index is 2.35. The van der Waals surface area contributed by atoms with Crippen molar-refractivity contribution in [3.63, 3.8) is 0 Å². The first kappa shape index (κ1) is 9.45. The summed E-state index contributed by atoms with van der Waals surface area (Å²) in [6.07, 6.45) is 4.88. The SMILES string of the molecule is C/C=C/C(=O)Nc1cccc2[nH]ncc12. The third-order valence-corrected chi connectivity index (χ3v) is 2.06. The number of amides is 1. The van der Waals surface area contributed by atoms with Crippen molar-refractivity contribution >= 4 is 22.5 Å². The third-order valence-electron chi connectivity index (χ3n) is 2.06. The number of fused-ring (bicyclic) bond motifs is 1. The molecule has 0 aliphatic carbocycles. The highest BCUT2D eigenvalue weighted by Gasteiger charge is 2.03. The van der Waals surface area contributed by atoms with Crippen LogP contribution in [0.3, 0.4) is 0 Å². The molecule has 2 aromatic rings. The Kier molecular flexibility index (Phi) is 2.49. The van der Waals surface area contributed by atoms with Crippen LogP contribution in [0.15, 0.2) is 36.5 Å². The molecule has 2 N–H and O–H groups in total. The van der Waals surface area contributed by atoms with E-state index in [4.69, 9.17) is 0 Å². The zero-order valence-corrected chi connectivity index (χ0v) is 8.32. The minimum Gasteiger partial charge on any atom is -0.322 e. The van der Waals surface area contributed by atoms with Crippen LogP contribution >= 0.6 is 0 Å². The largest absolute Gasteiger partial charge is 0.322 e. The Morgan fingerprint density at radius 3 is 3.20 bits per heavy atom. The van der Waals surface area contributed by atoms with Crippen LogP contribution in [0.2, 0.25) is 0 Å². The Labute approximate surface area is 87.0 Å². The molecule has 1 amide bonds. The molecule has 76 valence electrons. The van der Waals surface area contributed by atoms with Crippen LogP contribution in [0.25, 0.3) is 10.9 Å². The number of benzene rings is 1. The summed E-state index contributed by atoms with van der Waals surface area (Å²) in [6.45, 7) is 1.80. The molecule has 1 aromatic heterocycles. The van der Waals surface area contributed by atoms with E-state index in [1.54, 1.807) is 19.2 Å². The van der Waals surface area contributed by atoms with Crippen LogP contribution in [0, 0.1) is 0 Å². The average molecular weight is 201 g/mol. The Morgan fingerprint density at radius 2 is 2.40 bits per heavy atom. The number of anilines is 1. The van der Waals surface area contributed by atoms with Gasteiger partial charge in [-0.1, -0.05) is 12.1 Å². The van der Waals surface area contributed by atoms with Gasteiger partial charge in [-0.2, -0.15) is 5.10 Å². The van der Waals surface area contributed by atoms with E-state index in [-0.39, 0.29) is 5.91 Å². The zero-order chi connectivity index (χ0) is 10.7. The fourth-order valence-corrected chi connectivity index (χ4v) is 1.40. The van der Waals surface area contributed by atoms with Crippen LogP contribution in [0.5, 0.6) is 0 Å². The average Bonchev–Trinajstić information content (AvgIpc) is 2.67. The smallest absolute Gasteiger partial charge is 0.248 e. The van der Waals surface area contributed by atoms with Gasteiger partial charge in [0, 0.05) is 5.39 Å². The second kappa shape index (κ2) is 3.96. The van der Waals surface area contributed by atoms with Gasteiger partial charge in [-0.3, -0.25) is 9.89 Å². The van der Waals surface area contributed by atoms with Crippen molar-refractivity contribution in [1.29, 1.82) is 0 Å². The van der Waals surface area contributed by atoms with Crippen molar-refractivity contribution in [2.24, 2.45) is 0 Å². The van der Waals surface area contributed by atoms with Gasteiger partial charge in [0.05, 0.1) is 17.4 Å². The maximum Gasteiger partial charge on any atom is 0.248 e. The number of rotatable bonds is 2. The molecule has 0 radical (unpaired) electrons. The predicted molar refractivity (Wildman–Crippen MR) is 59.5 cm³/mol. The summed E-state index contributed by atoms with van der Waals surface area (Å²) in [5, 5.41) is 10.5. The number of carbonyl (C=O) groups excluding carboxylic acids is 1. The van der Waals surface area contributed by atoms with Gasteiger partial charge in [0.2, 0.25) is 5.91 Å². The molecule has 0 unspecified atom stereocenters. The second-order valence-corrected chi connectivity index (χ2v) is 3.13. The summed E-state index contributed by atoms with van der Waals surface area (Å²) >= 11 is 0. The number of nitrogens with zero attached hydrogens (tertiary/aromatic N) is 1. The molecule has 0 bridgehead atoms. The van der Waals surface area contributed by atoms with Crippen LogP contribution in [-0.4, -0.2) is 16.1 Å². The monoisotopic (exact) mass is 201 g/mol. The first-order valence-electron chi connectivity index (χ1n) is 4.67. The van der Waals surface area contributed by atoms with E-state index in [9.17, 15) is 4.79 Å². The van der Waals surface area contributed by atoms with E-state index in [1.807, 2.05) is 18.2 Å². The number of aromatic amines is 1. The summed E-state index contributed by atoms with van der Waals surface area (Å²) in [5.74, 6) is -0.133. The molecule has 0 atom stereocenters. The summed E-state index contributed by atoms with van der Waals surface area (Å²) in [5.41, 5.74) is 1.68. The molecule has 2 rings (SSSR count). The zero-order valence-electron chi connectivity index (χ0n) is 8.32. The highest BCUT2D eigenvalue weighted by atomic mass is 16.1. The van der Waals surface area contributed by atoms with Crippen molar-refractivity contribution < 1.29 is 4.79 Å². The van der Waals surface area contributed by atoms with Gasteiger partial charge in [-0.05, 0) is 25.1 Å². The molecule has 4 heteroatoms. The first-order valence-corrected chi connectivity index (χ1v) is 4.67.